The Morgan fingerprint density at radius 3 is 2.54 bits per heavy atom. The molecule has 1 heterocycles. The number of benzene rings is 2. The first kappa shape index (κ1) is 28.8. The van der Waals surface area contributed by atoms with Gasteiger partial charge in [0.1, 0.15) is 0 Å². The van der Waals surface area contributed by atoms with Crippen LogP contribution in [0.1, 0.15) is 71.4 Å². The van der Waals surface area contributed by atoms with Gasteiger partial charge >= 0.3 is 0 Å². The number of para-hydroxylation sites is 1. The Hall–Kier alpha value is -3.20. The minimum Gasteiger partial charge on any atom is -0.344 e. The van der Waals surface area contributed by atoms with Crippen molar-refractivity contribution in [1.29, 1.82) is 0 Å². The van der Waals surface area contributed by atoms with Crippen LogP contribution in [0.15, 0.2) is 106 Å². The van der Waals surface area contributed by atoms with Crippen LogP contribution in [0.3, 0.4) is 0 Å². The molecular weight excluding hydrogens is 500 g/mol. The summed E-state index contributed by atoms with van der Waals surface area (Å²) in [5.41, 5.74) is 16.2. The van der Waals surface area contributed by atoms with Crippen molar-refractivity contribution in [2.45, 2.75) is 71.1 Å². The lowest BCUT2D eigenvalue weighted by Crippen LogP contribution is -2.27. The third kappa shape index (κ3) is 6.19. The largest absolute Gasteiger partial charge is 0.344 e. The van der Waals surface area contributed by atoms with E-state index in [4.69, 9.17) is 17.1 Å². The first-order chi connectivity index (χ1) is 18.7. The second kappa shape index (κ2) is 12.3. The summed E-state index contributed by atoms with van der Waals surface area (Å²) < 4.78 is 0. The van der Waals surface area contributed by atoms with Crippen molar-refractivity contribution in [2.24, 2.45) is 11.0 Å². The third-order valence-corrected chi connectivity index (χ3v) is 9.13. The van der Waals surface area contributed by atoms with Crippen molar-refractivity contribution in [1.82, 2.24) is 0 Å². The van der Waals surface area contributed by atoms with Crippen LogP contribution in [0, 0.1) is 5.92 Å². The maximum Gasteiger partial charge on any atom is 0.0469 e. The van der Waals surface area contributed by atoms with Crippen LogP contribution in [0.4, 0.5) is 5.69 Å². The van der Waals surface area contributed by atoms with Crippen LogP contribution in [-0.2, 0) is 10.8 Å². The lowest BCUT2D eigenvalue weighted by Gasteiger charge is -2.31. The van der Waals surface area contributed by atoms with E-state index in [1.165, 1.54) is 33.7 Å². The Morgan fingerprint density at radius 2 is 1.79 bits per heavy atom. The molecule has 0 aromatic heterocycles. The predicted octanol–water partition coefficient (Wildman–Crippen LogP) is 10.1. The highest BCUT2D eigenvalue weighted by Gasteiger charge is 2.39. The van der Waals surface area contributed by atoms with Gasteiger partial charge in [-0.2, -0.15) is 0 Å². The van der Waals surface area contributed by atoms with Crippen molar-refractivity contribution < 1.29 is 0 Å². The maximum atomic E-state index is 8.69. The number of rotatable bonds is 9. The molecule has 0 fully saturated rings. The summed E-state index contributed by atoms with van der Waals surface area (Å²) in [6, 6.07) is 19.4. The Kier molecular flexibility index (Phi) is 9.10. The molecule has 1 aliphatic carbocycles. The summed E-state index contributed by atoms with van der Waals surface area (Å²) in [7, 11) is 0. The molecule has 0 amide bonds. The second-order valence-electron chi connectivity index (χ2n) is 11.8. The lowest BCUT2D eigenvalue weighted by atomic mass is 9.74. The number of azide groups is 1. The number of hydrogen-bond acceptors (Lipinski definition) is 2. The molecule has 4 rings (SSSR count). The van der Waals surface area contributed by atoms with Crippen LogP contribution in [-0.4, -0.2) is 13.1 Å². The van der Waals surface area contributed by atoms with Crippen molar-refractivity contribution in [3.05, 3.63) is 122 Å². The zero-order valence-electron chi connectivity index (χ0n) is 24.0. The SMILES string of the molecule is CC(/C=C/C1=C(Cl)C(=C/C=C2/N(CCCN=[N+]=[N-])c3ccccc3C2(C)C)/CCC1)C(C)(C)c1ccccc1. The maximum absolute atomic E-state index is 8.69. The molecule has 1 atom stereocenters. The van der Waals surface area contributed by atoms with Gasteiger partial charge < -0.3 is 4.90 Å². The molecule has 2 aromatic carbocycles. The fraction of sp³-hybridized carbons (Fsp3) is 0.412. The Morgan fingerprint density at radius 1 is 1.08 bits per heavy atom. The summed E-state index contributed by atoms with van der Waals surface area (Å²) >= 11 is 7.03. The highest BCUT2D eigenvalue weighted by atomic mass is 35.5. The molecule has 0 bridgehead atoms. The third-order valence-electron chi connectivity index (χ3n) is 8.64. The zero-order valence-corrected chi connectivity index (χ0v) is 24.7. The summed E-state index contributed by atoms with van der Waals surface area (Å²) in [5, 5.41) is 4.63. The smallest absolute Gasteiger partial charge is 0.0469 e. The number of halogens is 1. The van der Waals surface area contributed by atoms with Gasteiger partial charge in [0.2, 0.25) is 0 Å². The van der Waals surface area contributed by atoms with Crippen molar-refractivity contribution in [3.63, 3.8) is 0 Å². The Labute approximate surface area is 239 Å². The van der Waals surface area contributed by atoms with Gasteiger partial charge in [-0.1, -0.05) is 118 Å². The molecule has 1 aliphatic heterocycles. The molecule has 2 aromatic rings. The van der Waals surface area contributed by atoms with Gasteiger partial charge in [0, 0.05) is 39.8 Å². The molecular formula is C34H41ClN4. The number of hydrogen-bond donors (Lipinski definition) is 0. The summed E-state index contributed by atoms with van der Waals surface area (Å²) in [6.07, 6.45) is 13.0. The van der Waals surface area contributed by atoms with Gasteiger partial charge in [-0.25, -0.2) is 0 Å². The summed E-state index contributed by atoms with van der Waals surface area (Å²) in [4.78, 5) is 5.30. The van der Waals surface area contributed by atoms with Gasteiger partial charge in [0.15, 0.2) is 0 Å². The average Bonchev–Trinajstić information content (AvgIpc) is 3.15. The zero-order chi connectivity index (χ0) is 28.0. The van der Waals surface area contributed by atoms with Gasteiger partial charge in [-0.3, -0.25) is 0 Å². The fourth-order valence-corrected chi connectivity index (χ4v) is 6.06. The molecule has 0 saturated carbocycles. The van der Waals surface area contributed by atoms with E-state index >= 15 is 0 Å². The molecule has 39 heavy (non-hydrogen) atoms. The van der Waals surface area contributed by atoms with Crippen LogP contribution in [0.25, 0.3) is 10.4 Å². The number of fused-ring (bicyclic) bond motifs is 1. The highest BCUT2D eigenvalue weighted by Crippen LogP contribution is 2.48. The monoisotopic (exact) mass is 540 g/mol. The molecule has 204 valence electrons. The van der Waals surface area contributed by atoms with Gasteiger partial charge in [0.05, 0.1) is 0 Å². The van der Waals surface area contributed by atoms with E-state index < -0.39 is 0 Å². The quantitative estimate of drug-likeness (QED) is 0.135. The van der Waals surface area contributed by atoms with E-state index in [1.807, 2.05) is 0 Å². The summed E-state index contributed by atoms with van der Waals surface area (Å²) in [6.45, 7) is 12.8. The number of allylic oxidation sites excluding steroid dienone is 8. The van der Waals surface area contributed by atoms with Crippen LogP contribution >= 0.6 is 11.6 Å². The van der Waals surface area contributed by atoms with Crippen LogP contribution in [0.5, 0.6) is 0 Å². The number of anilines is 1. The van der Waals surface area contributed by atoms with Crippen molar-refractivity contribution >= 4 is 17.3 Å². The molecule has 5 heteroatoms. The van der Waals surface area contributed by atoms with Crippen molar-refractivity contribution in [3.8, 4) is 0 Å². The molecule has 4 nitrogen and oxygen atoms in total. The van der Waals surface area contributed by atoms with Crippen molar-refractivity contribution in [2.75, 3.05) is 18.0 Å². The lowest BCUT2D eigenvalue weighted by molar-refractivity contribution is 0.409. The normalized spacial score (nSPS) is 20.0. The van der Waals surface area contributed by atoms with E-state index in [1.54, 1.807) is 0 Å². The van der Waals surface area contributed by atoms with Crippen LogP contribution < -0.4 is 4.90 Å². The van der Waals surface area contributed by atoms with E-state index in [0.717, 1.165) is 37.3 Å². The van der Waals surface area contributed by atoms with E-state index in [-0.39, 0.29) is 10.8 Å². The van der Waals surface area contributed by atoms with E-state index in [9.17, 15) is 0 Å². The van der Waals surface area contributed by atoms with Gasteiger partial charge in [-0.15, -0.1) is 0 Å². The molecule has 0 radical (unpaired) electrons. The van der Waals surface area contributed by atoms with Gasteiger partial charge in [0.25, 0.3) is 0 Å². The molecule has 0 N–H and O–H groups in total. The van der Waals surface area contributed by atoms with E-state index in [2.05, 4.69) is 128 Å². The standard InChI is InChI=1S/C34H41ClN4/c1-25(33(2,3)28-15-7-6-8-16-28)19-20-26-13-11-14-27(32(26)35)21-22-31-34(4,5)29-17-9-10-18-30(29)39(31)24-12-23-37-38-36/h6-10,15-22,25H,11-14,23-24H2,1-5H3/b20-19+,27-21+,31-22+. The van der Waals surface area contributed by atoms with Gasteiger partial charge in [-0.05, 0) is 77.0 Å². The Bertz CT molecular complexity index is 1340. The average molecular weight is 541 g/mol. The summed E-state index contributed by atoms with van der Waals surface area (Å²) in [5.74, 6) is 0.366. The first-order valence-corrected chi connectivity index (χ1v) is 14.5. The predicted molar refractivity (Wildman–Crippen MR) is 166 cm³/mol. The second-order valence-corrected chi connectivity index (χ2v) is 12.2. The van der Waals surface area contributed by atoms with E-state index in [0.29, 0.717) is 12.5 Å². The molecule has 0 spiro atoms. The topological polar surface area (TPSA) is 52.0 Å². The first-order valence-electron chi connectivity index (χ1n) is 14.1. The minimum absolute atomic E-state index is 0.0353. The molecule has 2 aliphatic rings. The Balaban J connectivity index is 1.60. The molecule has 1 unspecified atom stereocenters. The highest BCUT2D eigenvalue weighted by molar-refractivity contribution is 6.32. The van der Waals surface area contributed by atoms with Crippen LogP contribution in [0.2, 0.25) is 0 Å². The minimum atomic E-state index is -0.127. The molecule has 0 saturated heterocycles. The number of nitrogens with zero attached hydrogens (tertiary/aromatic N) is 4. The fourth-order valence-electron chi connectivity index (χ4n) is 5.75.